The Morgan fingerprint density at radius 3 is 2.46 bits per heavy atom. The van der Waals surface area contributed by atoms with E-state index in [1.165, 1.54) is 17.7 Å². The van der Waals surface area contributed by atoms with Crippen LogP contribution in [0.1, 0.15) is 64.1 Å². The van der Waals surface area contributed by atoms with E-state index in [-0.39, 0.29) is 23.4 Å². The van der Waals surface area contributed by atoms with E-state index in [0.717, 1.165) is 44.6 Å². The first-order valence-corrected chi connectivity index (χ1v) is 14.3. The van der Waals surface area contributed by atoms with Gasteiger partial charge >= 0.3 is 0 Å². The molecule has 1 aliphatic heterocycles. The second-order valence-corrected chi connectivity index (χ2v) is 10.6. The summed E-state index contributed by atoms with van der Waals surface area (Å²) in [6.07, 6.45) is 4.47. The molecule has 1 saturated heterocycles. The maximum Gasteiger partial charge on any atom is 0.287 e. The summed E-state index contributed by atoms with van der Waals surface area (Å²) < 4.78 is 22.2. The number of likely N-dealkylation sites (tertiary alicyclic amines) is 1. The van der Waals surface area contributed by atoms with Crippen LogP contribution >= 0.6 is 0 Å². The van der Waals surface area contributed by atoms with Crippen molar-refractivity contribution in [3.63, 3.8) is 0 Å². The van der Waals surface area contributed by atoms with Gasteiger partial charge < -0.3 is 19.2 Å². The number of nitrogens with zero attached hydrogens (tertiary/aromatic N) is 3. The van der Waals surface area contributed by atoms with Gasteiger partial charge in [0.05, 0.1) is 18.7 Å². The molecule has 5 rings (SSSR count). The lowest BCUT2D eigenvalue weighted by atomic mass is 10.0. The van der Waals surface area contributed by atoms with E-state index in [2.05, 4.69) is 34.5 Å². The van der Waals surface area contributed by atoms with Gasteiger partial charge in [0.15, 0.2) is 5.76 Å². The molecule has 8 heteroatoms. The zero-order valence-electron chi connectivity index (χ0n) is 23.5. The minimum Gasteiger partial charge on any atom is -0.454 e. The molecule has 2 aromatic heterocycles. The summed E-state index contributed by atoms with van der Waals surface area (Å²) in [6, 6.07) is 24.0. The molecule has 0 atom stereocenters. The van der Waals surface area contributed by atoms with Crippen molar-refractivity contribution in [2.24, 2.45) is 0 Å². The number of rotatable bonds is 11. The lowest BCUT2D eigenvalue weighted by molar-refractivity contribution is 0.0734. The van der Waals surface area contributed by atoms with Crippen LogP contribution in [-0.4, -0.2) is 51.9 Å². The molecular weight excluding hydrogens is 519 g/mol. The molecule has 3 heterocycles. The summed E-state index contributed by atoms with van der Waals surface area (Å²) in [7, 11) is 0. The van der Waals surface area contributed by atoms with Crippen molar-refractivity contribution in [1.82, 2.24) is 19.7 Å². The predicted molar refractivity (Wildman–Crippen MR) is 156 cm³/mol. The molecule has 41 heavy (non-hydrogen) atoms. The van der Waals surface area contributed by atoms with Crippen LogP contribution in [0.4, 0.5) is 4.39 Å². The number of carbonyl (C=O) groups excluding carboxylic acids is 2. The Morgan fingerprint density at radius 1 is 0.951 bits per heavy atom. The van der Waals surface area contributed by atoms with Crippen LogP contribution in [0.3, 0.4) is 0 Å². The average Bonchev–Trinajstić information content (AvgIpc) is 3.64. The minimum absolute atomic E-state index is 0.0719. The lowest BCUT2D eigenvalue weighted by Crippen LogP contribution is -2.44. The fraction of sp³-hybridized carbons (Fsp3) is 0.333. The first-order valence-electron chi connectivity index (χ1n) is 14.3. The van der Waals surface area contributed by atoms with Crippen LogP contribution in [0.5, 0.6) is 0 Å². The summed E-state index contributed by atoms with van der Waals surface area (Å²) >= 11 is 0. The smallest absolute Gasteiger partial charge is 0.287 e. The molecule has 1 N–H and O–H groups in total. The molecule has 1 aliphatic rings. The van der Waals surface area contributed by atoms with Gasteiger partial charge in [-0.25, -0.2) is 4.39 Å². The van der Waals surface area contributed by atoms with E-state index in [4.69, 9.17) is 4.42 Å². The van der Waals surface area contributed by atoms with Gasteiger partial charge in [0.1, 0.15) is 11.6 Å². The highest BCUT2D eigenvalue weighted by atomic mass is 19.1. The molecule has 0 aliphatic carbocycles. The van der Waals surface area contributed by atoms with Crippen molar-refractivity contribution < 1.29 is 18.4 Å². The Morgan fingerprint density at radius 2 is 1.71 bits per heavy atom. The number of furan rings is 1. The number of hydrogen-bond donors (Lipinski definition) is 1. The topological polar surface area (TPSA) is 70.7 Å². The summed E-state index contributed by atoms with van der Waals surface area (Å²) in [6.45, 7) is 6.06. The SMILES string of the molecule is CCCN(Cc1cccn1Cc1ccc(C(=O)NC2CCN(Cc3ccccc3)CC2)o1)C(=O)c1ccccc1F. The van der Waals surface area contributed by atoms with Crippen molar-refractivity contribution >= 4 is 11.8 Å². The first-order chi connectivity index (χ1) is 20.0. The van der Waals surface area contributed by atoms with Crippen molar-refractivity contribution in [2.75, 3.05) is 19.6 Å². The number of piperidine rings is 1. The number of carbonyl (C=O) groups is 2. The van der Waals surface area contributed by atoms with Gasteiger partial charge in [-0.1, -0.05) is 49.4 Å². The Balaban J connectivity index is 1.15. The zero-order valence-corrected chi connectivity index (χ0v) is 23.5. The third-order valence-corrected chi connectivity index (χ3v) is 7.54. The van der Waals surface area contributed by atoms with Crippen molar-refractivity contribution in [3.8, 4) is 0 Å². The van der Waals surface area contributed by atoms with Crippen molar-refractivity contribution in [1.29, 1.82) is 0 Å². The van der Waals surface area contributed by atoms with Gasteiger partial charge in [-0.15, -0.1) is 0 Å². The fourth-order valence-electron chi connectivity index (χ4n) is 5.36. The molecule has 0 saturated carbocycles. The third kappa shape index (κ3) is 7.32. The predicted octanol–water partition coefficient (Wildman–Crippen LogP) is 5.72. The molecule has 1 fully saturated rings. The van der Waals surface area contributed by atoms with Crippen LogP contribution in [0.25, 0.3) is 0 Å². The molecule has 0 spiro atoms. The first kappa shape index (κ1) is 28.4. The second-order valence-electron chi connectivity index (χ2n) is 10.6. The molecular formula is C33H37FN4O3. The highest BCUT2D eigenvalue weighted by molar-refractivity contribution is 5.94. The fourth-order valence-corrected chi connectivity index (χ4v) is 5.36. The number of benzene rings is 2. The average molecular weight is 557 g/mol. The van der Waals surface area contributed by atoms with Crippen LogP contribution in [0.2, 0.25) is 0 Å². The van der Waals surface area contributed by atoms with Crippen molar-refractivity contribution in [2.45, 2.75) is 51.9 Å². The summed E-state index contributed by atoms with van der Waals surface area (Å²) in [5.41, 5.74) is 2.27. The molecule has 0 unspecified atom stereocenters. The van der Waals surface area contributed by atoms with E-state index in [0.29, 0.717) is 31.2 Å². The van der Waals surface area contributed by atoms with Gasteiger partial charge in [-0.05, 0) is 61.2 Å². The summed E-state index contributed by atoms with van der Waals surface area (Å²) in [5, 5.41) is 3.13. The summed E-state index contributed by atoms with van der Waals surface area (Å²) in [4.78, 5) is 30.1. The largest absolute Gasteiger partial charge is 0.454 e. The normalized spacial score (nSPS) is 14.2. The van der Waals surface area contributed by atoms with Gasteiger partial charge in [0, 0.05) is 44.1 Å². The van der Waals surface area contributed by atoms with E-state index < -0.39 is 5.82 Å². The summed E-state index contributed by atoms with van der Waals surface area (Å²) in [5.74, 6) is -0.112. The van der Waals surface area contributed by atoms with E-state index >= 15 is 0 Å². The second kappa shape index (κ2) is 13.5. The highest BCUT2D eigenvalue weighted by Gasteiger charge is 2.23. The van der Waals surface area contributed by atoms with Crippen molar-refractivity contribution in [3.05, 3.63) is 119 Å². The van der Waals surface area contributed by atoms with Crippen LogP contribution < -0.4 is 5.32 Å². The highest BCUT2D eigenvalue weighted by Crippen LogP contribution is 2.18. The molecule has 0 radical (unpaired) electrons. The molecule has 2 amide bonds. The van der Waals surface area contributed by atoms with Crippen LogP contribution in [0.15, 0.2) is 89.5 Å². The molecule has 0 bridgehead atoms. The number of nitrogens with one attached hydrogen (secondary N) is 1. The Labute approximate surface area is 240 Å². The van der Waals surface area contributed by atoms with E-state index in [1.54, 1.807) is 23.1 Å². The Bertz CT molecular complexity index is 1440. The van der Waals surface area contributed by atoms with Crippen LogP contribution in [0, 0.1) is 5.82 Å². The monoisotopic (exact) mass is 556 g/mol. The number of hydrogen-bond acceptors (Lipinski definition) is 4. The van der Waals surface area contributed by atoms with E-state index in [1.807, 2.05) is 42.0 Å². The Kier molecular flexibility index (Phi) is 9.31. The van der Waals surface area contributed by atoms with Crippen LogP contribution in [-0.2, 0) is 19.6 Å². The maximum atomic E-state index is 14.3. The number of amides is 2. The number of aromatic nitrogens is 1. The lowest BCUT2D eigenvalue weighted by Gasteiger charge is -2.32. The van der Waals surface area contributed by atoms with E-state index in [9.17, 15) is 14.0 Å². The maximum absolute atomic E-state index is 14.3. The molecule has 7 nitrogen and oxygen atoms in total. The minimum atomic E-state index is -0.520. The van der Waals surface area contributed by atoms with Gasteiger partial charge in [0.25, 0.3) is 11.8 Å². The van der Waals surface area contributed by atoms with Gasteiger partial charge in [-0.3, -0.25) is 14.5 Å². The van der Waals surface area contributed by atoms with Gasteiger partial charge in [0.2, 0.25) is 0 Å². The zero-order chi connectivity index (χ0) is 28.6. The molecule has 4 aromatic rings. The molecule has 2 aromatic carbocycles. The standard InChI is InChI=1S/C33H37FN4O3/c1-2-18-38(33(40)29-12-6-7-13-30(29)34)23-27-11-8-19-37(27)24-28-14-15-31(41-28)32(39)35-26-16-20-36(21-17-26)22-25-9-4-3-5-10-25/h3-15,19,26H,2,16-18,20-24H2,1H3,(H,35,39). The number of halogens is 1. The Hall–Kier alpha value is -4.17. The van der Waals surface area contributed by atoms with Gasteiger partial charge in [-0.2, -0.15) is 0 Å². The molecule has 214 valence electrons. The third-order valence-electron chi connectivity index (χ3n) is 7.54. The quantitative estimate of drug-likeness (QED) is 0.257.